The zero-order valence-electron chi connectivity index (χ0n) is 12.0. The lowest BCUT2D eigenvalue weighted by Gasteiger charge is -2.12. The van der Waals surface area contributed by atoms with E-state index in [1.54, 1.807) is 0 Å². The molecular formula is C18H21BrO. The average molecular weight is 333 g/mol. The van der Waals surface area contributed by atoms with E-state index in [1.165, 1.54) is 11.1 Å². The number of halogens is 1. The summed E-state index contributed by atoms with van der Waals surface area (Å²) in [7, 11) is 0. The first kappa shape index (κ1) is 15.3. The van der Waals surface area contributed by atoms with Crippen molar-refractivity contribution in [3.8, 4) is 0 Å². The molecule has 0 aliphatic heterocycles. The van der Waals surface area contributed by atoms with E-state index in [1.807, 2.05) is 12.1 Å². The van der Waals surface area contributed by atoms with Crippen molar-refractivity contribution in [2.45, 2.75) is 38.7 Å². The molecule has 0 heterocycles. The molecule has 0 spiro atoms. The maximum absolute atomic E-state index is 10.2. The number of rotatable bonds is 5. The molecule has 0 saturated heterocycles. The van der Waals surface area contributed by atoms with Crippen LogP contribution in [0.4, 0.5) is 0 Å². The summed E-state index contributed by atoms with van der Waals surface area (Å²) in [6.07, 6.45) is 1.05. The zero-order valence-corrected chi connectivity index (χ0v) is 13.6. The maximum atomic E-state index is 10.2. The molecular weight excluding hydrogens is 312 g/mol. The molecule has 1 N–H and O–H groups in total. The molecule has 2 aromatic rings. The molecule has 0 fully saturated rings. The van der Waals surface area contributed by atoms with E-state index in [-0.39, 0.29) is 6.10 Å². The van der Waals surface area contributed by atoms with E-state index in [4.69, 9.17) is 0 Å². The molecule has 2 aromatic carbocycles. The van der Waals surface area contributed by atoms with Crippen LogP contribution in [-0.4, -0.2) is 11.2 Å². The Kier molecular flexibility index (Phi) is 5.38. The molecule has 1 unspecified atom stereocenters. The molecule has 0 aliphatic rings. The van der Waals surface area contributed by atoms with Gasteiger partial charge in [0.1, 0.15) is 0 Å². The quantitative estimate of drug-likeness (QED) is 0.839. The molecule has 1 atom stereocenters. The van der Waals surface area contributed by atoms with Crippen molar-refractivity contribution in [3.63, 3.8) is 0 Å². The lowest BCUT2D eigenvalue weighted by Crippen LogP contribution is -2.13. The highest BCUT2D eigenvalue weighted by molar-refractivity contribution is 9.10. The van der Waals surface area contributed by atoms with Gasteiger partial charge in [-0.15, -0.1) is 0 Å². The number of aliphatic hydroxyl groups excluding tert-OH is 1. The largest absolute Gasteiger partial charge is 0.392 e. The Bertz CT molecular complexity index is 546. The van der Waals surface area contributed by atoms with E-state index < -0.39 is 0 Å². The van der Waals surface area contributed by atoms with Gasteiger partial charge in [0, 0.05) is 4.47 Å². The minimum atomic E-state index is -0.339. The third-order valence-corrected chi connectivity index (χ3v) is 3.97. The normalized spacial score (nSPS) is 12.7. The second-order valence-corrected chi connectivity index (χ2v) is 6.50. The molecule has 2 heteroatoms. The van der Waals surface area contributed by atoms with E-state index in [0.717, 1.165) is 10.0 Å². The Labute approximate surface area is 129 Å². The van der Waals surface area contributed by atoms with Gasteiger partial charge in [0.15, 0.2) is 0 Å². The predicted molar refractivity (Wildman–Crippen MR) is 88.1 cm³/mol. The fraction of sp³-hybridized carbons (Fsp3) is 0.333. The first-order chi connectivity index (χ1) is 9.54. The molecule has 0 bridgehead atoms. The molecule has 1 nitrogen and oxygen atoms in total. The number of aliphatic hydroxyl groups is 1. The van der Waals surface area contributed by atoms with Gasteiger partial charge >= 0.3 is 0 Å². The zero-order chi connectivity index (χ0) is 14.5. The molecule has 0 amide bonds. The van der Waals surface area contributed by atoms with E-state index in [0.29, 0.717) is 18.8 Å². The third kappa shape index (κ3) is 4.46. The van der Waals surface area contributed by atoms with Gasteiger partial charge in [0.25, 0.3) is 0 Å². The standard InChI is InChI=1S/C18H21BrO/c1-13(2)16-8-6-14(7-9-16)11-18(20)12-15-4-3-5-17(19)10-15/h3-10,13,18,20H,11-12H2,1-2H3. The van der Waals surface area contributed by atoms with Crippen molar-refractivity contribution in [2.75, 3.05) is 0 Å². The van der Waals surface area contributed by atoms with Crippen LogP contribution in [0.15, 0.2) is 53.0 Å². The summed E-state index contributed by atoms with van der Waals surface area (Å²) in [6.45, 7) is 4.38. The van der Waals surface area contributed by atoms with Crippen LogP contribution in [0.5, 0.6) is 0 Å². The lowest BCUT2D eigenvalue weighted by molar-refractivity contribution is 0.175. The molecule has 0 radical (unpaired) electrons. The van der Waals surface area contributed by atoms with Gasteiger partial charge in [-0.3, -0.25) is 0 Å². The number of hydrogen-bond acceptors (Lipinski definition) is 1. The summed E-state index contributed by atoms with van der Waals surface area (Å²) in [5.41, 5.74) is 3.69. The molecule has 0 saturated carbocycles. The second-order valence-electron chi connectivity index (χ2n) is 5.59. The van der Waals surface area contributed by atoms with Crippen LogP contribution in [0.1, 0.15) is 36.5 Å². The van der Waals surface area contributed by atoms with Crippen molar-refractivity contribution in [1.82, 2.24) is 0 Å². The highest BCUT2D eigenvalue weighted by Gasteiger charge is 2.08. The van der Waals surface area contributed by atoms with Crippen LogP contribution in [0.2, 0.25) is 0 Å². The van der Waals surface area contributed by atoms with E-state index >= 15 is 0 Å². The van der Waals surface area contributed by atoms with Gasteiger partial charge in [0.2, 0.25) is 0 Å². The van der Waals surface area contributed by atoms with Crippen molar-refractivity contribution in [3.05, 3.63) is 69.7 Å². The number of benzene rings is 2. The summed E-state index contributed by atoms with van der Waals surface area (Å²) in [6, 6.07) is 16.7. The number of hydrogen-bond donors (Lipinski definition) is 1. The van der Waals surface area contributed by atoms with Crippen LogP contribution < -0.4 is 0 Å². The fourth-order valence-corrected chi connectivity index (χ4v) is 2.77. The Morgan fingerprint density at radius 1 is 0.950 bits per heavy atom. The highest BCUT2D eigenvalue weighted by atomic mass is 79.9. The molecule has 2 rings (SSSR count). The van der Waals surface area contributed by atoms with Gasteiger partial charge in [0.05, 0.1) is 6.10 Å². The molecule has 20 heavy (non-hydrogen) atoms. The topological polar surface area (TPSA) is 20.2 Å². The summed E-state index contributed by atoms with van der Waals surface area (Å²) in [5.74, 6) is 0.552. The second kappa shape index (κ2) is 7.05. The van der Waals surface area contributed by atoms with Crippen molar-refractivity contribution in [2.24, 2.45) is 0 Å². The smallest absolute Gasteiger partial charge is 0.0620 e. The lowest BCUT2D eigenvalue weighted by atomic mass is 9.98. The monoisotopic (exact) mass is 332 g/mol. The van der Waals surface area contributed by atoms with Crippen LogP contribution in [0.25, 0.3) is 0 Å². The summed E-state index contributed by atoms with van der Waals surface area (Å²) < 4.78 is 1.06. The molecule has 106 valence electrons. The Balaban J connectivity index is 1.95. The van der Waals surface area contributed by atoms with E-state index in [9.17, 15) is 5.11 Å². The van der Waals surface area contributed by atoms with Crippen molar-refractivity contribution >= 4 is 15.9 Å². The van der Waals surface area contributed by atoms with Gasteiger partial charge in [-0.2, -0.15) is 0 Å². The van der Waals surface area contributed by atoms with Crippen LogP contribution in [0, 0.1) is 0 Å². The molecule has 0 aliphatic carbocycles. The molecule has 0 aromatic heterocycles. The minimum absolute atomic E-state index is 0.339. The highest BCUT2D eigenvalue weighted by Crippen LogP contribution is 2.17. The van der Waals surface area contributed by atoms with Gasteiger partial charge in [-0.05, 0) is 47.6 Å². The van der Waals surface area contributed by atoms with Gasteiger partial charge in [-0.1, -0.05) is 66.2 Å². The minimum Gasteiger partial charge on any atom is -0.392 e. The summed E-state index contributed by atoms with van der Waals surface area (Å²) >= 11 is 3.46. The van der Waals surface area contributed by atoms with Crippen molar-refractivity contribution < 1.29 is 5.11 Å². The third-order valence-electron chi connectivity index (χ3n) is 3.48. The van der Waals surface area contributed by atoms with Crippen LogP contribution in [-0.2, 0) is 12.8 Å². The Hall–Kier alpha value is -1.12. The predicted octanol–water partition coefficient (Wildman–Crippen LogP) is 4.72. The maximum Gasteiger partial charge on any atom is 0.0620 e. The van der Waals surface area contributed by atoms with Crippen LogP contribution >= 0.6 is 15.9 Å². The summed E-state index contributed by atoms with van der Waals surface area (Å²) in [5, 5.41) is 10.2. The fourth-order valence-electron chi connectivity index (χ4n) is 2.32. The average Bonchev–Trinajstić information content (AvgIpc) is 2.39. The van der Waals surface area contributed by atoms with Gasteiger partial charge < -0.3 is 5.11 Å². The Morgan fingerprint density at radius 3 is 2.20 bits per heavy atom. The Morgan fingerprint density at radius 2 is 1.60 bits per heavy atom. The first-order valence-electron chi connectivity index (χ1n) is 7.06. The SMILES string of the molecule is CC(C)c1ccc(CC(O)Cc2cccc(Br)c2)cc1. The first-order valence-corrected chi connectivity index (χ1v) is 7.85. The van der Waals surface area contributed by atoms with Crippen molar-refractivity contribution in [1.29, 1.82) is 0 Å². The van der Waals surface area contributed by atoms with E-state index in [2.05, 4.69) is 66.2 Å². The summed E-state index contributed by atoms with van der Waals surface area (Å²) in [4.78, 5) is 0. The van der Waals surface area contributed by atoms with Crippen LogP contribution in [0.3, 0.4) is 0 Å². The van der Waals surface area contributed by atoms with Gasteiger partial charge in [-0.25, -0.2) is 0 Å².